The molecule has 0 radical (unpaired) electrons. The topological polar surface area (TPSA) is 66.1 Å². The van der Waals surface area contributed by atoms with Crippen molar-refractivity contribution < 1.29 is 9.53 Å². The van der Waals surface area contributed by atoms with E-state index in [-0.39, 0.29) is 23.1 Å². The molecule has 0 unspecified atom stereocenters. The molecule has 0 amide bonds. The van der Waals surface area contributed by atoms with Crippen LogP contribution in [0.3, 0.4) is 0 Å². The predicted octanol–water partition coefficient (Wildman–Crippen LogP) is 4.70. The number of fused-ring (bicyclic) bond motifs is 1. The van der Waals surface area contributed by atoms with Gasteiger partial charge >= 0.3 is 0 Å². The lowest BCUT2D eigenvalue weighted by Crippen LogP contribution is -2.22. The third-order valence-corrected chi connectivity index (χ3v) is 7.61. The first kappa shape index (κ1) is 22.8. The number of aryl methyl sites for hydroxylation is 3. The van der Waals surface area contributed by atoms with Crippen molar-refractivity contribution in [3.63, 3.8) is 0 Å². The van der Waals surface area contributed by atoms with Crippen molar-refractivity contribution in [3.8, 4) is 0 Å². The summed E-state index contributed by atoms with van der Waals surface area (Å²) in [5, 5.41) is 1.30. The van der Waals surface area contributed by atoms with Crippen LogP contribution in [0.5, 0.6) is 0 Å². The van der Waals surface area contributed by atoms with Crippen LogP contribution in [0.2, 0.25) is 0 Å². The Morgan fingerprint density at radius 3 is 2.63 bits per heavy atom. The van der Waals surface area contributed by atoms with Crippen LogP contribution in [0.1, 0.15) is 52.1 Å². The van der Waals surface area contributed by atoms with E-state index in [1.54, 1.807) is 11.7 Å². The van der Waals surface area contributed by atoms with Gasteiger partial charge in [-0.2, -0.15) is 0 Å². The second-order valence-corrected chi connectivity index (χ2v) is 9.72. The van der Waals surface area contributed by atoms with Gasteiger partial charge in [-0.05, 0) is 53.2 Å². The maximum absolute atomic E-state index is 13.0. The summed E-state index contributed by atoms with van der Waals surface area (Å²) < 4.78 is 9.09. The Labute approximate surface area is 185 Å². The summed E-state index contributed by atoms with van der Waals surface area (Å²) in [7, 11) is 1.68. The SMILES string of the molecule is CCn1c(SCC(=O)c2cc(C)n([C@@H](C)COC)c2C)nc2sc(C)c(C)c2c1=O. The van der Waals surface area contributed by atoms with Crippen LogP contribution in [-0.2, 0) is 11.3 Å². The minimum Gasteiger partial charge on any atom is -0.383 e. The number of hydrogen-bond donors (Lipinski definition) is 0. The second kappa shape index (κ2) is 9.08. The van der Waals surface area contributed by atoms with Crippen molar-refractivity contribution in [1.82, 2.24) is 14.1 Å². The Hall–Kier alpha value is -1.90. The average molecular weight is 448 g/mol. The summed E-state index contributed by atoms with van der Waals surface area (Å²) in [5.74, 6) is 0.282. The van der Waals surface area contributed by atoms with E-state index < -0.39 is 0 Å². The van der Waals surface area contributed by atoms with Gasteiger partial charge in [0.05, 0.1) is 23.8 Å². The maximum Gasteiger partial charge on any atom is 0.263 e. The molecular formula is C22H29N3O3S2. The van der Waals surface area contributed by atoms with Gasteiger partial charge in [-0.25, -0.2) is 4.98 Å². The Kier molecular flexibility index (Phi) is 6.89. The van der Waals surface area contributed by atoms with E-state index in [0.29, 0.717) is 23.7 Å². The molecule has 0 N–H and O–H groups in total. The van der Waals surface area contributed by atoms with Crippen LogP contribution in [0.25, 0.3) is 10.2 Å². The summed E-state index contributed by atoms with van der Waals surface area (Å²) in [4.78, 5) is 32.6. The number of thioether (sulfide) groups is 1. The summed E-state index contributed by atoms with van der Waals surface area (Å²) in [6.45, 7) is 13.1. The van der Waals surface area contributed by atoms with Crippen molar-refractivity contribution in [3.05, 3.63) is 43.8 Å². The monoisotopic (exact) mass is 447 g/mol. The van der Waals surface area contributed by atoms with Crippen LogP contribution >= 0.6 is 23.1 Å². The standard InChI is InChI=1S/C22H29N3O3S2/c1-8-24-21(27)19-14(4)16(6)30-20(19)23-22(24)29-11-18(26)17-9-12(2)25(15(17)5)13(3)10-28-7/h9,13H,8,10-11H2,1-7H3/t13-/m0/s1. The van der Waals surface area contributed by atoms with Crippen LogP contribution in [0.15, 0.2) is 16.0 Å². The Morgan fingerprint density at radius 2 is 2.00 bits per heavy atom. The third kappa shape index (κ3) is 4.00. The highest BCUT2D eigenvalue weighted by Crippen LogP contribution is 2.29. The highest BCUT2D eigenvalue weighted by atomic mass is 32.2. The Morgan fingerprint density at radius 1 is 1.30 bits per heavy atom. The number of hydrogen-bond acceptors (Lipinski definition) is 6. The van der Waals surface area contributed by atoms with E-state index in [0.717, 1.165) is 32.2 Å². The number of carbonyl (C=O) groups excluding carboxylic acids is 1. The van der Waals surface area contributed by atoms with Crippen molar-refractivity contribution in [1.29, 1.82) is 0 Å². The van der Waals surface area contributed by atoms with E-state index in [1.807, 2.05) is 40.7 Å². The molecule has 3 heterocycles. The third-order valence-electron chi connectivity index (χ3n) is 5.54. The molecule has 3 aromatic rings. The van der Waals surface area contributed by atoms with Crippen molar-refractivity contribution >= 4 is 39.1 Å². The first-order valence-corrected chi connectivity index (χ1v) is 11.8. The van der Waals surface area contributed by atoms with Gasteiger partial charge in [0, 0.05) is 35.5 Å². The molecule has 1 atom stereocenters. The molecule has 8 heteroatoms. The largest absolute Gasteiger partial charge is 0.383 e. The molecule has 0 spiro atoms. The van der Waals surface area contributed by atoms with Crippen LogP contribution in [0, 0.1) is 27.7 Å². The first-order valence-electron chi connectivity index (χ1n) is 10.0. The molecular weight excluding hydrogens is 418 g/mol. The molecule has 30 heavy (non-hydrogen) atoms. The molecule has 0 bridgehead atoms. The number of ketones is 1. The van der Waals surface area contributed by atoms with Crippen LogP contribution < -0.4 is 5.56 Å². The van der Waals surface area contributed by atoms with Gasteiger partial charge in [-0.15, -0.1) is 11.3 Å². The minimum absolute atomic E-state index is 0.0223. The minimum atomic E-state index is -0.0223. The quantitative estimate of drug-likeness (QED) is 0.285. The molecule has 6 nitrogen and oxygen atoms in total. The van der Waals surface area contributed by atoms with Crippen molar-refractivity contribution in [2.75, 3.05) is 19.5 Å². The summed E-state index contributed by atoms with van der Waals surface area (Å²) in [5.41, 5.74) is 3.69. The average Bonchev–Trinajstić information content (AvgIpc) is 3.15. The molecule has 3 aromatic heterocycles. The lowest BCUT2D eigenvalue weighted by molar-refractivity contribution is 0.102. The van der Waals surface area contributed by atoms with E-state index >= 15 is 0 Å². The lowest BCUT2D eigenvalue weighted by atomic mass is 10.2. The van der Waals surface area contributed by atoms with Gasteiger partial charge in [0.25, 0.3) is 5.56 Å². The molecule has 0 aromatic carbocycles. The number of nitrogens with zero attached hydrogens (tertiary/aromatic N) is 3. The lowest BCUT2D eigenvalue weighted by Gasteiger charge is -2.17. The molecule has 0 fully saturated rings. The number of carbonyl (C=O) groups is 1. The fraction of sp³-hybridized carbons (Fsp3) is 0.500. The van der Waals surface area contributed by atoms with E-state index in [9.17, 15) is 9.59 Å². The molecule has 0 aliphatic rings. The maximum atomic E-state index is 13.0. The van der Waals surface area contributed by atoms with Gasteiger partial charge in [-0.1, -0.05) is 11.8 Å². The van der Waals surface area contributed by atoms with Gasteiger partial charge in [0.2, 0.25) is 0 Å². The number of thiophene rings is 1. The number of methoxy groups -OCH3 is 1. The fourth-order valence-electron chi connectivity index (χ4n) is 3.96. The normalized spacial score (nSPS) is 12.6. The number of rotatable bonds is 8. The Balaban J connectivity index is 1.89. The van der Waals surface area contributed by atoms with Gasteiger partial charge in [0.15, 0.2) is 10.9 Å². The molecule has 0 saturated heterocycles. The van der Waals surface area contributed by atoms with Crippen molar-refractivity contribution in [2.45, 2.75) is 59.3 Å². The Bertz CT molecular complexity index is 1160. The fourth-order valence-corrected chi connectivity index (χ4v) is 5.98. The first-order chi connectivity index (χ1) is 14.2. The zero-order chi connectivity index (χ0) is 22.2. The molecule has 0 aliphatic heterocycles. The van der Waals surface area contributed by atoms with Crippen LogP contribution in [-0.4, -0.2) is 39.4 Å². The zero-order valence-corrected chi connectivity index (χ0v) is 20.3. The van der Waals surface area contributed by atoms with Crippen molar-refractivity contribution in [2.24, 2.45) is 0 Å². The predicted molar refractivity (Wildman–Crippen MR) is 125 cm³/mol. The highest BCUT2D eigenvalue weighted by molar-refractivity contribution is 7.99. The molecule has 0 aliphatic carbocycles. The summed E-state index contributed by atoms with van der Waals surface area (Å²) in [6.07, 6.45) is 0. The van der Waals surface area contributed by atoms with E-state index in [1.165, 1.54) is 23.1 Å². The highest BCUT2D eigenvalue weighted by Gasteiger charge is 2.21. The summed E-state index contributed by atoms with van der Waals surface area (Å²) >= 11 is 2.87. The number of Topliss-reactive ketones (excluding diaryl/α,β-unsaturated/α-hetero) is 1. The molecule has 162 valence electrons. The van der Waals surface area contributed by atoms with Gasteiger partial charge in [-0.3, -0.25) is 14.2 Å². The second-order valence-electron chi connectivity index (χ2n) is 7.58. The van der Waals surface area contributed by atoms with Crippen LogP contribution in [0.4, 0.5) is 0 Å². The van der Waals surface area contributed by atoms with Gasteiger partial charge in [0.1, 0.15) is 4.83 Å². The molecule has 3 rings (SSSR count). The van der Waals surface area contributed by atoms with E-state index in [4.69, 9.17) is 9.72 Å². The zero-order valence-electron chi connectivity index (χ0n) is 18.7. The molecule has 0 saturated carbocycles. The number of ether oxygens (including phenoxy) is 1. The number of aromatic nitrogens is 3. The van der Waals surface area contributed by atoms with Gasteiger partial charge < -0.3 is 9.30 Å². The smallest absolute Gasteiger partial charge is 0.263 e. The summed E-state index contributed by atoms with van der Waals surface area (Å²) in [6, 6.07) is 2.10. The van der Waals surface area contributed by atoms with E-state index in [2.05, 4.69) is 11.5 Å².